The van der Waals surface area contributed by atoms with Gasteiger partial charge in [0.25, 0.3) is 0 Å². The Hall–Kier alpha value is -3.79. The first-order valence-corrected chi connectivity index (χ1v) is 12.0. The number of amides is 2. The van der Waals surface area contributed by atoms with Gasteiger partial charge in [0.2, 0.25) is 5.91 Å². The van der Waals surface area contributed by atoms with E-state index in [1.54, 1.807) is 6.92 Å². The monoisotopic (exact) mass is 472 g/mol. The topological polar surface area (TPSA) is 105 Å². The average Bonchev–Trinajstić information content (AvgIpc) is 3.28. The van der Waals surface area contributed by atoms with Crippen LogP contribution in [0.2, 0.25) is 0 Å². The molecule has 2 fully saturated rings. The summed E-state index contributed by atoms with van der Waals surface area (Å²) in [4.78, 5) is 37.0. The molecule has 2 amide bonds. The van der Waals surface area contributed by atoms with Gasteiger partial charge in [0.15, 0.2) is 0 Å². The van der Waals surface area contributed by atoms with Gasteiger partial charge in [-0.3, -0.25) is 4.79 Å². The number of nitrogens with one attached hydrogen (secondary N) is 2. The van der Waals surface area contributed by atoms with Crippen LogP contribution < -0.4 is 10.6 Å². The van der Waals surface area contributed by atoms with E-state index in [1.807, 2.05) is 24.3 Å². The van der Waals surface area contributed by atoms with Crippen LogP contribution in [0.25, 0.3) is 11.1 Å². The van der Waals surface area contributed by atoms with Gasteiger partial charge >= 0.3 is 12.1 Å². The lowest BCUT2D eigenvalue weighted by atomic mass is 9.98. The molecule has 3 N–H and O–H groups in total. The third-order valence-electron chi connectivity index (χ3n) is 7.62. The summed E-state index contributed by atoms with van der Waals surface area (Å²) < 4.78 is 5.64. The second-order valence-corrected chi connectivity index (χ2v) is 9.66. The number of rotatable bonds is 7. The number of carboxylic acid groups (broad SMARTS) is 1. The van der Waals surface area contributed by atoms with Crippen molar-refractivity contribution in [2.24, 2.45) is 11.3 Å². The molecule has 7 nitrogen and oxygen atoms in total. The maximum Gasteiger partial charge on any atom is 0.407 e. The van der Waals surface area contributed by atoms with Crippen LogP contribution in [0.4, 0.5) is 4.79 Å². The van der Waals surface area contributed by atoms with Gasteiger partial charge in [-0.2, -0.15) is 0 Å². The van der Waals surface area contributed by atoms with E-state index in [0.717, 1.165) is 11.1 Å². The first-order valence-electron chi connectivity index (χ1n) is 12.0. The third kappa shape index (κ3) is 4.25. The zero-order valence-corrected chi connectivity index (χ0v) is 19.5. The maximum absolute atomic E-state index is 12.9. The number of aliphatic carboxylic acids is 1. The molecule has 3 aliphatic carbocycles. The minimum Gasteiger partial charge on any atom is -0.480 e. The first kappa shape index (κ1) is 23.0. The van der Waals surface area contributed by atoms with Gasteiger partial charge in [-0.25, -0.2) is 9.59 Å². The fourth-order valence-electron chi connectivity index (χ4n) is 5.80. The smallest absolute Gasteiger partial charge is 0.407 e. The Kier molecular flexibility index (Phi) is 5.98. The molecule has 0 spiro atoms. The van der Waals surface area contributed by atoms with Crippen molar-refractivity contribution in [2.45, 2.75) is 50.6 Å². The molecule has 35 heavy (non-hydrogen) atoms. The summed E-state index contributed by atoms with van der Waals surface area (Å²) in [7, 11) is 0. The Morgan fingerprint density at radius 1 is 1.09 bits per heavy atom. The van der Waals surface area contributed by atoms with Crippen molar-refractivity contribution in [2.75, 3.05) is 6.61 Å². The van der Waals surface area contributed by atoms with Crippen LogP contribution in [-0.4, -0.2) is 41.8 Å². The Morgan fingerprint density at radius 2 is 1.74 bits per heavy atom. The number of carbonyl (C=O) groups excluding carboxylic acids is 2. The normalized spacial score (nSPS) is 24.1. The molecular formula is C28H28N2O5. The van der Waals surface area contributed by atoms with Crippen molar-refractivity contribution in [1.29, 1.82) is 0 Å². The van der Waals surface area contributed by atoms with Gasteiger partial charge in [0.1, 0.15) is 12.6 Å². The largest absolute Gasteiger partial charge is 0.480 e. The zero-order valence-electron chi connectivity index (χ0n) is 19.5. The lowest BCUT2D eigenvalue weighted by molar-refractivity contribution is -0.142. The highest BCUT2D eigenvalue weighted by Gasteiger charge is 2.65. The number of carbonyl (C=O) groups is 3. The predicted molar refractivity (Wildman–Crippen MR) is 129 cm³/mol. The summed E-state index contributed by atoms with van der Waals surface area (Å²) in [6, 6.07) is 15.1. The number of hydrogen-bond donors (Lipinski definition) is 3. The summed E-state index contributed by atoms with van der Waals surface area (Å²) in [5.41, 5.74) is 4.05. The number of alkyl carbamates (subject to hydrolysis) is 1. The summed E-state index contributed by atoms with van der Waals surface area (Å²) in [5.74, 6) is 4.16. The molecular weight excluding hydrogens is 444 g/mol. The van der Waals surface area contributed by atoms with Gasteiger partial charge in [0, 0.05) is 18.4 Å². The second-order valence-electron chi connectivity index (χ2n) is 9.66. The highest BCUT2D eigenvalue weighted by molar-refractivity contribution is 5.90. The summed E-state index contributed by atoms with van der Waals surface area (Å²) in [6.45, 7) is 1.87. The molecule has 180 valence electrons. The SMILES string of the molecule is CC#CCC(NC(=O)C12CC(NC(=O)OCC3c4ccccc4-c4ccccc43)CC1C2)C(=O)O. The van der Waals surface area contributed by atoms with Crippen molar-refractivity contribution in [1.82, 2.24) is 10.6 Å². The van der Waals surface area contributed by atoms with Crippen LogP contribution in [0.3, 0.4) is 0 Å². The Bertz CT molecular complexity index is 1200. The average molecular weight is 473 g/mol. The fourth-order valence-corrected chi connectivity index (χ4v) is 5.80. The number of carboxylic acids is 1. The van der Waals surface area contributed by atoms with Crippen molar-refractivity contribution < 1.29 is 24.2 Å². The van der Waals surface area contributed by atoms with Gasteiger partial charge in [-0.15, -0.1) is 11.8 Å². The van der Waals surface area contributed by atoms with E-state index in [0.29, 0.717) is 19.3 Å². The Labute approximate surface area is 204 Å². The summed E-state index contributed by atoms with van der Waals surface area (Å²) in [5, 5.41) is 14.9. The molecule has 7 heteroatoms. The second kappa shape index (κ2) is 9.10. The van der Waals surface area contributed by atoms with Crippen LogP contribution in [-0.2, 0) is 14.3 Å². The molecule has 4 atom stereocenters. The standard InChI is InChI=1S/C28H28N2O5/c1-2-3-12-24(25(31)32)30-26(33)28-14-17(28)13-18(15-28)29-27(34)35-16-23-21-10-6-4-8-19(21)20-9-5-7-11-22(20)23/h4-11,17-18,23-24H,12-16H2,1H3,(H,29,34)(H,30,33)(H,31,32). The molecule has 2 saturated carbocycles. The Balaban J connectivity index is 1.16. The highest BCUT2D eigenvalue weighted by atomic mass is 16.5. The van der Waals surface area contributed by atoms with Crippen LogP contribution in [0, 0.1) is 23.2 Å². The van der Waals surface area contributed by atoms with Crippen molar-refractivity contribution in [3.8, 4) is 23.0 Å². The number of benzene rings is 2. The van der Waals surface area contributed by atoms with Crippen molar-refractivity contribution in [3.63, 3.8) is 0 Å². The molecule has 0 heterocycles. The highest BCUT2D eigenvalue weighted by Crippen LogP contribution is 2.63. The lowest BCUT2D eigenvalue weighted by Crippen LogP contribution is -2.45. The molecule has 3 aliphatic rings. The van der Waals surface area contributed by atoms with Crippen LogP contribution in [0.5, 0.6) is 0 Å². The van der Waals surface area contributed by atoms with Gasteiger partial charge < -0.3 is 20.5 Å². The van der Waals surface area contributed by atoms with E-state index in [4.69, 9.17) is 4.74 Å². The van der Waals surface area contributed by atoms with Gasteiger partial charge in [-0.05, 0) is 54.4 Å². The summed E-state index contributed by atoms with van der Waals surface area (Å²) >= 11 is 0. The van der Waals surface area contributed by atoms with E-state index < -0.39 is 23.5 Å². The van der Waals surface area contributed by atoms with E-state index in [2.05, 4.69) is 46.7 Å². The molecule has 0 aromatic heterocycles. The molecule has 0 saturated heterocycles. The fraction of sp³-hybridized carbons (Fsp3) is 0.393. The zero-order chi connectivity index (χ0) is 24.6. The minimum atomic E-state index is -1.10. The number of ether oxygens (including phenoxy) is 1. The molecule has 2 aromatic rings. The van der Waals surface area contributed by atoms with Gasteiger partial charge in [-0.1, -0.05) is 48.5 Å². The predicted octanol–water partition coefficient (Wildman–Crippen LogP) is 3.68. The minimum absolute atomic E-state index is 0.0126. The van der Waals surface area contributed by atoms with Crippen LogP contribution >= 0.6 is 0 Å². The number of hydrogen-bond acceptors (Lipinski definition) is 4. The molecule has 4 unspecified atom stereocenters. The van der Waals surface area contributed by atoms with E-state index in [9.17, 15) is 19.5 Å². The van der Waals surface area contributed by atoms with Crippen LogP contribution in [0.15, 0.2) is 48.5 Å². The van der Waals surface area contributed by atoms with Crippen molar-refractivity contribution >= 4 is 18.0 Å². The molecule has 2 aromatic carbocycles. The maximum atomic E-state index is 12.9. The van der Waals surface area contributed by atoms with E-state index in [-0.39, 0.29) is 36.8 Å². The quantitative estimate of drug-likeness (QED) is 0.534. The van der Waals surface area contributed by atoms with Gasteiger partial charge in [0.05, 0.1) is 5.41 Å². The number of fused-ring (bicyclic) bond motifs is 4. The molecule has 0 bridgehead atoms. The van der Waals surface area contributed by atoms with Crippen LogP contribution in [0.1, 0.15) is 49.7 Å². The molecule has 0 radical (unpaired) electrons. The summed E-state index contributed by atoms with van der Waals surface area (Å²) in [6.07, 6.45) is 1.46. The van der Waals surface area contributed by atoms with E-state index >= 15 is 0 Å². The first-order chi connectivity index (χ1) is 16.9. The Morgan fingerprint density at radius 3 is 2.37 bits per heavy atom. The molecule has 5 rings (SSSR count). The molecule has 0 aliphatic heterocycles. The lowest BCUT2D eigenvalue weighted by Gasteiger charge is -2.20. The van der Waals surface area contributed by atoms with E-state index in [1.165, 1.54) is 11.1 Å². The third-order valence-corrected chi connectivity index (χ3v) is 7.62. The van der Waals surface area contributed by atoms with Crippen molar-refractivity contribution in [3.05, 3.63) is 59.7 Å².